The first kappa shape index (κ1) is 11.5. The average molecular weight is 252 g/mol. The summed E-state index contributed by atoms with van der Waals surface area (Å²) >= 11 is 0. The maximum absolute atomic E-state index is 12.2. The third-order valence-electron chi connectivity index (χ3n) is 3.14. The van der Waals surface area contributed by atoms with Crippen molar-refractivity contribution in [3.05, 3.63) is 51.7 Å². The van der Waals surface area contributed by atoms with Crippen LogP contribution in [0.3, 0.4) is 0 Å². The maximum Gasteiger partial charge on any atom is 0.259 e. The molecule has 0 unspecified atom stereocenters. The highest BCUT2D eigenvalue weighted by Gasteiger charge is 2.10. The molecule has 0 radical (unpaired) electrons. The zero-order valence-electron chi connectivity index (χ0n) is 10.6. The Bertz CT molecular complexity index is 880. The number of benzene rings is 1. The van der Waals surface area contributed by atoms with Crippen molar-refractivity contribution in [1.29, 1.82) is 0 Å². The zero-order chi connectivity index (χ0) is 13.6. The summed E-state index contributed by atoms with van der Waals surface area (Å²) in [5.74, 6) is 0.754. The van der Waals surface area contributed by atoms with Crippen molar-refractivity contribution in [1.82, 2.24) is 14.4 Å². The van der Waals surface area contributed by atoms with Crippen LogP contribution in [0.2, 0.25) is 0 Å². The van der Waals surface area contributed by atoms with Crippen LogP contribution in [-0.4, -0.2) is 14.4 Å². The first-order chi connectivity index (χ1) is 9.10. The maximum atomic E-state index is 12.2. The molecule has 0 aliphatic heterocycles. The molecule has 3 rings (SSSR count). The van der Waals surface area contributed by atoms with Crippen molar-refractivity contribution in [2.24, 2.45) is 0 Å². The number of aromatic nitrogens is 3. The van der Waals surface area contributed by atoms with Crippen LogP contribution in [-0.2, 0) is 0 Å². The molecule has 0 fully saturated rings. The van der Waals surface area contributed by atoms with Crippen LogP contribution in [0.25, 0.3) is 21.7 Å². The lowest BCUT2D eigenvalue weighted by Gasteiger charge is -2.05. The standard InChI is InChI=1S/C14H12N4O/c1-8(2)10-7-13(19)18-12-5-4-9(15-3)6-11(12)17-14(18)16-10/h4-8H,1-2H3,(H,16,17). The predicted molar refractivity (Wildman–Crippen MR) is 73.7 cm³/mol. The highest BCUT2D eigenvalue weighted by Crippen LogP contribution is 2.21. The number of rotatable bonds is 1. The number of imidazole rings is 1. The van der Waals surface area contributed by atoms with Crippen LogP contribution in [0.15, 0.2) is 29.1 Å². The quantitative estimate of drug-likeness (QED) is 0.677. The van der Waals surface area contributed by atoms with Crippen LogP contribution < -0.4 is 5.56 Å². The van der Waals surface area contributed by atoms with Crippen molar-refractivity contribution in [3.8, 4) is 0 Å². The third kappa shape index (κ3) is 1.69. The van der Waals surface area contributed by atoms with Gasteiger partial charge in [0.2, 0.25) is 5.78 Å². The molecule has 0 saturated carbocycles. The molecule has 0 aliphatic carbocycles. The fourth-order valence-corrected chi connectivity index (χ4v) is 2.12. The molecule has 0 saturated heterocycles. The fraction of sp³-hybridized carbons (Fsp3) is 0.214. The van der Waals surface area contributed by atoms with E-state index in [1.54, 1.807) is 24.3 Å². The molecule has 5 nitrogen and oxygen atoms in total. The van der Waals surface area contributed by atoms with E-state index in [2.05, 4.69) is 14.8 Å². The summed E-state index contributed by atoms with van der Waals surface area (Å²) in [5, 5.41) is 0. The van der Waals surface area contributed by atoms with Gasteiger partial charge in [-0.2, -0.15) is 0 Å². The van der Waals surface area contributed by atoms with Crippen molar-refractivity contribution in [2.75, 3.05) is 0 Å². The topological polar surface area (TPSA) is 54.5 Å². The van der Waals surface area contributed by atoms with Crippen LogP contribution >= 0.6 is 0 Å². The Morgan fingerprint density at radius 3 is 2.84 bits per heavy atom. The summed E-state index contributed by atoms with van der Waals surface area (Å²) in [6.07, 6.45) is 0. The van der Waals surface area contributed by atoms with E-state index in [0.29, 0.717) is 17.0 Å². The molecule has 0 amide bonds. The summed E-state index contributed by atoms with van der Waals surface area (Å²) in [6.45, 7) is 11.0. The molecule has 5 heteroatoms. The number of H-pyrrole nitrogens is 1. The highest BCUT2D eigenvalue weighted by molar-refractivity contribution is 5.83. The second kappa shape index (κ2) is 3.95. The first-order valence-electron chi connectivity index (χ1n) is 6.03. The molecule has 2 aromatic heterocycles. The van der Waals surface area contributed by atoms with Crippen LogP contribution in [0.1, 0.15) is 25.5 Å². The highest BCUT2D eigenvalue weighted by atomic mass is 16.1. The van der Waals surface area contributed by atoms with Gasteiger partial charge in [0.25, 0.3) is 5.56 Å². The lowest BCUT2D eigenvalue weighted by atomic mass is 10.1. The van der Waals surface area contributed by atoms with E-state index in [1.165, 1.54) is 4.40 Å². The van der Waals surface area contributed by atoms with Crippen LogP contribution in [0, 0.1) is 6.57 Å². The molecule has 3 aromatic rings. The van der Waals surface area contributed by atoms with E-state index in [0.717, 1.165) is 11.2 Å². The van der Waals surface area contributed by atoms with Gasteiger partial charge >= 0.3 is 0 Å². The summed E-state index contributed by atoms with van der Waals surface area (Å²) in [4.78, 5) is 23.1. The van der Waals surface area contributed by atoms with Gasteiger partial charge in [0.15, 0.2) is 5.69 Å². The number of nitrogens with zero attached hydrogens (tertiary/aromatic N) is 3. The van der Waals surface area contributed by atoms with Gasteiger partial charge in [0.1, 0.15) is 0 Å². The molecule has 0 bridgehead atoms. The normalized spacial score (nSPS) is 11.3. The van der Waals surface area contributed by atoms with E-state index < -0.39 is 0 Å². The largest absolute Gasteiger partial charge is 0.328 e. The van der Waals surface area contributed by atoms with E-state index >= 15 is 0 Å². The van der Waals surface area contributed by atoms with Gasteiger partial charge in [-0.25, -0.2) is 14.2 Å². The van der Waals surface area contributed by atoms with E-state index in [9.17, 15) is 4.79 Å². The van der Waals surface area contributed by atoms with Gasteiger partial charge in [-0.1, -0.05) is 19.9 Å². The summed E-state index contributed by atoms with van der Waals surface area (Å²) < 4.78 is 1.54. The monoisotopic (exact) mass is 252 g/mol. The summed E-state index contributed by atoms with van der Waals surface area (Å²) in [5.41, 5.74) is 2.66. The Labute approximate surface area is 109 Å². The minimum atomic E-state index is -0.101. The van der Waals surface area contributed by atoms with Gasteiger partial charge < -0.3 is 4.98 Å². The van der Waals surface area contributed by atoms with E-state index in [1.807, 2.05) is 13.8 Å². The Morgan fingerprint density at radius 2 is 2.16 bits per heavy atom. The van der Waals surface area contributed by atoms with Crippen LogP contribution in [0.4, 0.5) is 5.69 Å². The number of hydrogen-bond acceptors (Lipinski definition) is 2. The molecule has 19 heavy (non-hydrogen) atoms. The van der Waals surface area contributed by atoms with Gasteiger partial charge in [-0.15, -0.1) is 0 Å². The van der Waals surface area contributed by atoms with E-state index in [-0.39, 0.29) is 11.5 Å². The van der Waals surface area contributed by atoms with Crippen molar-refractivity contribution in [3.63, 3.8) is 0 Å². The Balaban J connectivity index is 2.43. The first-order valence-corrected chi connectivity index (χ1v) is 6.03. The van der Waals surface area contributed by atoms with E-state index in [4.69, 9.17) is 6.57 Å². The van der Waals surface area contributed by atoms with Gasteiger partial charge in [-0.3, -0.25) is 4.79 Å². The molecule has 94 valence electrons. The fourth-order valence-electron chi connectivity index (χ4n) is 2.12. The number of fused-ring (bicyclic) bond motifs is 3. The molecular weight excluding hydrogens is 240 g/mol. The Kier molecular flexibility index (Phi) is 2.39. The Morgan fingerprint density at radius 1 is 1.37 bits per heavy atom. The Hall–Kier alpha value is -2.61. The SMILES string of the molecule is [C-]#[N+]c1ccc2c(c1)nc1[nH]c(C(C)C)cc(=O)n12. The lowest BCUT2D eigenvalue weighted by molar-refractivity contribution is 0.812. The minimum Gasteiger partial charge on any atom is -0.328 e. The molecule has 0 spiro atoms. The van der Waals surface area contributed by atoms with Gasteiger partial charge in [0, 0.05) is 11.8 Å². The lowest BCUT2D eigenvalue weighted by Crippen LogP contribution is -2.14. The minimum absolute atomic E-state index is 0.101. The smallest absolute Gasteiger partial charge is 0.259 e. The molecule has 1 N–H and O–H groups in total. The molecule has 0 atom stereocenters. The second-order valence-electron chi connectivity index (χ2n) is 4.77. The molecule has 0 aliphatic rings. The van der Waals surface area contributed by atoms with Crippen LogP contribution in [0.5, 0.6) is 0 Å². The number of hydrogen-bond donors (Lipinski definition) is 1. The second-order valence-corrected chi connectivity index (χ2v) is 4.77. The number of aromatic amines is 1. The average Bonchev–Trinajstić information content (AvgIpc) is 2.75. The molecule has 1 aromatic carbocycles. The van der Waals surface area contributed by atoms with Gasteiger partial charge in [0.05, 0.1) is 17.6 Å². The zero-order valence-corrected chi connectivity index (χ0v) is 10.6. The summed E-state index contributed by atoms with van der Waals surface area (Å²) in [6, 6.07) is 6.74. The van der Waals surface area contributed by atoms with Crippen molar-refractivity contribution >= 4 is 22.5 Å². The predicted octanol–water partition coefficient (Wildman–Crippen LogP) is 2.85. The molecular formula is C14H12N4O. The summed E-state index contributed by atoms with van der Waals surface area (Å²) in [7, 11) is 0. The van der Waals surface area contributed by atoms with Crippen molar-refractivity contribution in [2.45, 2.75) is 19.8 Å². The van der Waals surface area contributed by atoms with Crippen molar-refractivity contribution < 1.29 is 0 Å². The van der Waals surface area contributed by atoms with Gasteiger partial charge in [-0.05, 0) is 18.1 Å². The third-order valence-corrected chi connectivity index (χ3v) is 3.14. The number of nitrogens with one attached hydrogen (secondary N) is 1. The molecule has 2 heterocycles.